The Morgan fingerprint density at radius 1 is 0.465 bits per heavy atom. The summed E-state index contributed by atoms with van der Waals surface area (Å²) in [7, 11) is 0. The number of unbranched alkanes of at least 4 members (excludes halogenated alkanes) is 32. The van der Waals surface area contributed by atoms with E-state index < -0.39 is 67.3 Å². The van der Waals surface area contributed by atoms with Crippen molar-refractivity contribution in [2.75, 3.05) is 13.2 Å². The minimum atomic E-state index is -1.90. The molecule has 1 aliphatic heterocycles. The molecule has 1 heterocycles. The largest absolute Gasteiger partial charge is 0.479 e. The van der Waals surface area contributed by atoms with Crippen molar-refractivity contribution in [3.05, 3.63) is 24.3 Å². The lowest BCUT2D eigenvalue weighted by Crippen LogP contribution is -2.61. The molecular formula is C59H106O12. The van der Waals surface area contributed by atoms with Gasteiger partial charge in [0.05, 0.1) is 6.61 Å². The van der Waals surface area contributed by atoms with Crippen LogP contribution in [0.25, 0.3) is 0 Å². The second-order valence-corrected chi connectivity index (χ2v) is 20.3. The van der Waals surface area contributed by atoms with Crippen molar-refractivity contribution in [2.45, 2.75) is 314 Å². The highest BCUT2D eigenvalue weighted by Gasteiger charge is 2.50. The van der Waals surface area contributed by atoms with E-state index in [1.807, 2.05) is 0 Å². The molecule has 0 radical (unpaired) electrons. The molecule has 0 amide bonds. The number of carboxylic acid groups (broad SMARTS) is 1. The first-order valence-electron chi connectivity index (χ1n) is 29.3. The molecular weight excluding hydrogens is 901 g/mol. The predicted octanol–water partition coefficient (Wildman–Crippen LogP) is 14.7. The summed E-state index contributed by atoms with van der Waals surface area (Å²) in [5.41, 5.74) is 0. The van der Waals surface area contributed by atoms with Gasteiger partial charge in [-0.25, -0.2) is 4.79 Å². The second-order valence-electron chi connectivity index (χ2n) is 20.3. The molecule has 1 aliphatic rings. The van der Waals surface area contributed by atoms with Gasteiger partial charge in [-0.2, -0.15) is 0 Å². The van der Waals surface area contributed by atoms with Crippen molar-refractivity contribution in [1.82, 2.24) is 0 Å². The van der Waals surface area contributed by atoms with Gasteiger partial charge in [-0.1, -0.05) is 238 Å². The van der Waals surface area contributed by atoms with Crippen LogP contribution in [0.15, 0.2) is 24.3 Å². The fraction of sp³-hybridized carbons (Fsp3) is 0.864. The van der Waals surface area contributed by atoms with Crippen LogP contribution in [0, 0.1) is 0 Å². The highest BCUT2D eigenvalue weighted by Crippen LogP contribution is 2.26. The van der Waals surface area contributed by atoms with Crippen LogP contribution in [0.5, 0.6) is 0 Å². The van der Waals surface area contributed by atoms with Gasteiger partial charge in [0.1, 0.15) is 18.8 Å². The third-order valence-electron chi connectivity index (χ3n) is 13.5. The zero-order valence-corrected chi connectivity index (χ0v) is 45.5. The van der Waals surface area contributed by atoms with Crippen molar-refractivity contribution in [1.29, 1.82) is 0 Å². The van der Waals surface area contributed by atoms with Gasteiger partial charge in [-0.3, -0.25) is 14.4 Å². The number of esters is 3. The first kappa shape index (κ1) is 66.2. The molecule has 6 unspecified atom stereocenters. The van der Waals surface area contributed by atoms with Crippen LogP contribution in [0.2, 0.25) is 0 Å². The summed E-state index contributed by atoms with van der Waals surface area (Å²) in [5.74, 6) is -3.11. The molecule has 0 aromatic rings. The number of aliphatic hydroxyl groups excluding tert-OH is 2. The van der Waals surface area contributed by atoms with Crippen LogP contribution >= 0.6 is 0 Å². The maximum absolute atomic E-state index is 13.1. The Morgan fingerprint density at radius 2 is 0.873 bits per heavy atom. The van der Waals surface area contributed by atoms with Gasteiger partial charge in [-0.05, 0) is 44.9 Å². The van der Waals surface area contributed by atoms with E-state index in [2.05, 4.69) is 45.1 Å². The summed E-state index contributed by atoms with van der Waals surface area (Å²) in [6.45, 7) is 5.92. The molecule has 71 heavy (non-hydrogen) atoms. The standard InChI is InChI=1S/C59H106O12/c1-4-7-10-13-16-19-21-23-24-25-26-27-28-30-31-34-36-39-42-45-51(60)67-48-50(69-52(61)46-43-40-37-33-18-15-12-9-6-3)49-68-59-57(55(64)54(63)56(71-59)58(65)66)70-53(62)47-44-41-38-35-32-29-22-20-17-14-11-8-5-2/h11,14,20,22,50,54-57,59,63-64H,4-10,12-13,15-19,21,23-49H2,1-3H3,(H,65,66)/b14-11-,22-20-. The molecule has 12 nitrogen and oxygen atoms in total. The maximum atomic E-state index is 13.1. The van der Waals surface area contributed by atoms with E-state index in [1.165, 1.54) is 128 Å². The number of carbonyl (C=O) groups is 4. The number of carbonyl (C=O) groups excluding carboxylic acids is 3. The minimum Gasteiger partial charge on any atom is -0.479 e. The molecule has 414 valence electrons. The quantitative estimate of drug-likeness (QED) is 0.0228. The number of carboxylic acids is 1. The summed E-state index contributed by atoms with van der Waals surface area (Å²) in [6.07, 6.45) is 41.7. The van der Waals surface area contributed by atoms with E-state index in [4.69, 9.17) is 23.7 Å². The monoisotopic (exact) mass is 1010 g/mol. The molecule has 1 saturated heterocycles. The van der Waals surface area contributed by atoms with E-state index >= 15 is 0 Å². The van der Waals surface area contributed by atoms with Crippen LogP contribution in [-0.2, 0) is 42.9 Å². The normalized spacial score (nSPS) is 18.6. The lowest BCUT2D eigenvalue weighted by molar-refractivity contribution is -0.301. The van der Waals surface area contributed by atoms with E-state index in [0.29, 0.717) is 19.3 Å². The van der Waals surface area contributed by atoms with E-state index in [1.54, 1.807) is 0 Å². The van der Waals surface area contributed by atoms with Gasteiger partial charge in [-0.15, -0.1) is 0 Å². The zero-order chi connectivity index (χ0) is 51.8. The maximum Gasteiger partial charge on any atom is 0.335 e. The van der Waals surface area contributed by atoms with Gasteiger partial charge in [0.15, 0.2) is 24.6 Å². The van der Waals surface area contributed by atoms with E-state index in [-0.39, 0.29) is 25.9 Å². The van der Waals surface area contributed by atoms with Gasteiger partial charge < -0.3 is 39.0 Å². The fourth-order valence-corrected chi connectivity index (χ4v) is 9.00. The number of allylic oxidation sites excluding steroid dienone is 4. The molecule has 1 fully saturated rings. The van der Waals surface area contributed by atoms with Crippen LogP contribution in [0.1, 0.15) is 278 Å². The Kier molecular flexibility index (Phi) is 44.9. The smallest absolute Gasteiger partial charge is 0.335 e. The Bertz CT molecular complexity index is 1340. The molecule has 0 spiro atoms. The lowest BCUT2D eigenvalue weighted by atomic mass is 9.98. The summed E-state index contributed by atoms with van der Waals surface area (Å²) in [4.78, 5) is 50.9. The third-order valence-corrected chi connectivity index (χ3v) is 13.5. The molecule has 0 saturated carbocycles. The van der Waals surface area contributed by atoms with Crippen LogP contribution in [0.3, 0.4) is 0 Å². The van der Waals surface area contributed by atoms with Gasteiger partial charge >= 0.3 is 23.9 Å². The Hall–Kier alpha value is -2.80. The van der Waals surface area contributed by atoms with Gasteiger partial charge in [0.2, 0.25) is 0 Å². The summed E-state index contributed by atoms with van der Waals surface area (Å²) < 4.78 is 28.3. The molecule has 12 heteroatoms. The third kappa shape index (κ3) is 38.4. The van der Waals surface area contributed by atoms with Crippen molar-refractivity contribution in [3.63, 3.8) is 0 Å². The topological polar surface area (TPSA) is 175 Å². The van der Waals surface area contributed by atoms with Crippen LogP contribution in [0.4, 0.5) is 0 Å². The van der Waals surface area contributed by atoms with Crippen LogP contribution < -0.4 is 0 Å². The number of aliphatic hydroxyl groups is 2. The average molecular weight is 1010 g/mol. The molecule has 3 N–H and O–H groups in total. The molecule has 6 atom stereocenters. The second kappa shape index (κ2) is 48.2. The SMILES string of the molecule is CCC/C=C\C/C=C\CCCCCCCC(=O)OC1C(OCC(COC(=O)CCCCCCCCCCCCCCCCCCCCC)OC(=O)CCCCCCCCCCC)OC(C(=O)O)C(O)C1O. The fourth-order valence-electron chi connectivity index (χ4n) is 9.00. The minimum absolute atomic E-state index is 0.0486. The van der Waals surface area contributed by atoms with Crippen LogP contribution in [-0.4, -0.2) is 89.2 Å². The van der Waals surface area contributed by atoms with Crippen molar-refractivity contribution in [3.8, 4) is 0 Å². The first-order valence-corrected chi connectivity index (χ1v) is 29.3. The molecule has 1 rings (SSSR count). The predicted molar refractivity (Wildman–Crippen MR) is 285 cm³/mol. The number of aliphatic carboxylic acids is 1. The van der Waals surface area contributed by atoms with Crippen molar-refractivity contribution < 1.29 is 58.2 Å². The number of hydrogen-bond acceptors (Lipinski definition) is 11. The first-order chi connectivity index (χ1) is 34.6. The molecule has 0 bridgehead atoms. The summed E-state index contributed by atoms with van der Waals surface area (Å²) >= 11 is 0. The zero-order valence-electron chi connectivity index (χ0n) is 45.5. The summed E-state index contributed by atoms with van der Waals surface area (Å²) in [6, 6.07) is 0. The van der Waals surface area contributed by atoms with Gasteiger partial charge in [0, 0.05) is 19.3 Å². The molecule has 0 aromatic carbocycles. The lowest BCUT2D eigenvalue weighted by Gasteiger charge is -2.40. The Balaban J connectivity index is 2.62. The summed E-state index contributed by atoms with van der Waals surface area (Å²) in [5, 5.41) is 31.4. The Labute approximate surface area is 432 Å². The Morgan fingerprint density at radius 3 is 1.32 bits per heavy atom. The van der Waals surface area contributed by atoms with Crippen molar-refractivity contribution >= 4 is 23.9 Å². The number of rotatable bonds is 50. The van der Waals surface area contributed by atoms with Crippen molar-refractivity contribution in [2.24, 2.45) is 0 Å². The average Bonchev–Trinajstić information content (AvgIpc) is 3.35. The highest BCUT2D eigenvalue weighted by atomic mass is 16.7. The van der Waals surface area contributed by atoms with Gasteiger partial charge in [0.25, 0.3) is 0 Å². The molecule has 0 aliphatic carbocycles. The highest BCUT2D eigenvalue weighted by molar-refractivity contribution is 5.74. The molecule has 0 aromatic heterocycles. The van der Waals surface area contributed by atoms with E-state index in [0.717, 1.165) is 89.9 Å². The number of ether oxygens (including phenoxy) is 5. The van der Waals surface area contributed by atoms with E-state index in [9.17, 15) is 34.5 Å². The number of hydrogen-bond donors (Lipinski definition) is 3.